The molecule has 1 N–H and O–H groups in total. The van der Waals surface area contributed by atoms with Gasteiger partial charge in [-0.2, -0.15) is 0 Å². The number of nitrogens with zero attached hydrogens (tertiary/aromatic N) is 1. The van der Waals surface area contributed by atoms with E-state index in [4.69, 9.17) is 9.47 Å². The number of ether oxygens (including phenoxy) is 2. The highest BCUT2D eigenvalue weighted by molar-refractivity contribution is 5.92. The van der Waals surface area contributed by atoms with E-state index >= 15 is 0 Å². The Morgan fingerprint density at radius 1 is 1.07 bits per heavy atom. The summed E-state index contributed by atoms with van der Waals surface area (Å²) in [4.78, 5) is 14.2. The molecule has 2 aromatic rings. The monoisotopic (exact) mass is 368 g/mol. The number of unbranched alkanes of at least 4 members (excludes halogenated alkanes) is 1. The van der Waals surface area contributed by atoms with E-state index in [2.05, 4.69) is 29.4 Å². The summed E-state index contributed by atoms with van der Waals surface area (Å²) in [5.74, 6) is 1.28. The lowest BCUT2D eigenvalue weighted by Gasteiger charge is -2.18. The van der Waals surface area contributed by atoms with E-state index < -0.39 is 0 Å². The maximum absolute atomic E-state index is 12.0. The van der Waals surface area contributed by atoms with Gasteiger partial charge in [-0.15, -0.1) is 0 Å². The summed E-state index contributed by atoms with van der Waals surface area (Å²) >= 11 is 0. The molecule has 5 heteroatoms. The Balaban J connectivity index is 1.71. The Bertz CT molecular complexity index is 744. The Morgan fingerprint density at radius 3 is 2.56 bits per heavy atom. The molecular formula is C22H28N2O3. The van der Waals surface area contributed by atoms with Crippen LogP contribution in [-0.2, 0) is 4.79 Å². The van der Waals surface area contributed by atoms with Crippen molar-refractivity contribution in [1.82, 2.24) is 5.32 Å². The Labute approximate surface area is 161 Å². The van der Waals surface area contributed by atoms with Crippen molar-refractivity contribution in [3.63, 3.8) is 0 Å². The molecule has 0 aliphatic rings. The van der Waals surface area contributed by atoms with Gasteiger partial charge in [-0.3, -0.25) is 4.79 Å². The number of anilines is 1. The summed E-state index contributed by atoms with van der Waals surface area (Å²) in [6, 6.07) is 15.8. The van der Waals surface area contributed by atoms with Crippen molar-refractivity contribution in [2.45, 2.75) is 12.8 Å². The van der Waals surface area contributed by atoms with Gasteiger partial charge in [0.2, 0.25) is 5.91 Å². The largest absolute Gasteiger partial charge is 0.497 e. The molecule has 0 saturated carbocycles. The number of carbonyl (C=O) groups excluding carboxylic acids is 1. The summed E-state index contributed by atoms with van der Waals surface area (Å²) in [6.07, 6.45) is 5.22. The first-order chi connectivity index (χ1) is 13.1. The van der Waals surface area contributed by atoms with E-state index in [1.165, 1.54) is 11.8 Å². The van der Waals surface area contributed by atoms with Gasteiger partial charge in [0.25, 0.3) is 0 Å². The second kappa shape index (κ2) is 10.9. The minimum absolute atomic E-state index is 0.107. The van der Waals surface area contributed by atoms with Gasteiger partial charge in [0.05, 0.1) is 14.2 Å². The molecule has 0 aliphatic heterocycles. The molecule has 5 nitrogen and oxygen atoms in total. The number of amides is 1. The van der Waals surface area contributed by atoms with E-state index in [0.29, 0.717) is 18.0 Å². The standard InChI is InChI=1S/C22H28N2O3/c1-24(19-9-5-4-6-10-19)16-8-7-15-23-22(25)14-12-18-11-13-20(26-2)17-21(18)27-3/h4-6,9-14,17H,7-8,15-16H2,1-3H3,(H,23,25). The van der Waals surface area contributed by atoms with Crippen LogP contribution < -0.4 is 19.7 Å². The first kappa shape index (κ1) is 20.4. The Kier molecular flexibility index (Phi) is 8.23. The molecule has 144 valence electrons. The first-order valence-electron chi connectivity index (χ1n) is 9.08. The van der Waals surface area contributed by atoms with Gasteiger partial charge in [-0.05, 0) is 43.2 Å². The lowest BCUT2D eigenvalue weighted by atomic mass is 10.1. The molecule has 0 heterocycles. The summed E-state index contributed by atoms with van der Waals surface area (Å²) in [5.41, 5.74) is 2.04. The highest BCUT2D eigenvalue weighted by atomic mass is 16.5. The van der Waals surface area contributed by atoms with E-state index in [0.717, 1.165) is 24.9 Å². The predicted octanol–water partition coefficient (Wildman–Crippen LogP) is 3.75. The third-order valence-electron chi connectivity index (χ3n) is 4.27. The van der Waals surface area contributed by atoms with Crippen LogP contribution in [0.4, 0.5) is 5.69 Å². The molecule has 0 unspecified atom stereocenters. The smallest absolute Gasteiger partial charge is 0.244 e. The minimum Gasteiger partial charge on any atom is -0.497 e. The number of methoxy groups -OCH3 is 2. The highest BCUT2D eigenvalue weighted by Crippen LogP contribution is 2.25. The number of rotatable bonds is 10. The molecule has 0 bridgehead atoms. The Morgan fingerprint density at radius 2 is 1.85 bits per heavy atom. The van der Waals surface area contributed by atoms with E-state index in [1.54, 1.807) is 26.4 Å². The fourth-order valence-corrected chi connectivity index (χ4v) is 2.68. The maximum Gasteiger partial charge on any atom is 0.244 e. The van der Waals surface area contributed by atoms with Crippen molar-refractivity contribution in [3.8, 4) is 11.5 Å². The van der Waals surface area contributed by atoms with Gasteiger partial charge >= 0.3 is 0 Å². The number of hydrogen-bond donors (Lipinski definition) is 1. The Hall–Kier alpha value is -2.95. The van der Waals surface area contributed by atoms with Crippen LogP contribution in [0.25, 0.3) is 6.08 Å². The first-order valence-corrected chi connectivity index (χ1v) is 9.08. The van der Waals surface area contributed by atoms with E-state index in [9.17, 15) is 4.79 Å². The quantitative estimate of drug-likeness (QED) is 0.513. The summed E-state index contributed by atoms with van der Waals surface area (Å²) in [7, 11) is 5.28. The normalized spacial score (nSPS) is 10.6. The number of para-hydroxylation sites is 1. The minimum atomic E-state index is -0.107. The fourth-order valence-electron chi connectivity index (χ4n) is 2.68. The second-order valence-electron chi connectivity index (χ2n) is 6.20. The molecule has 0 atom stereocenters. The molecule has 2 aromatic carbocycles. The van der Waals surface area contributed by atoms with Crippen LogP contribution in [0.5, 0.6) is 11.5 Å². The maximum atomic E-state index is 12.0. The van der Waals surface area contributed by atoms with Crippen molar-refractivity contribution in [1.29, 1.82) is 0 Å². The summed E-state index contributed by atoms with van der Waals surface area (Å²) in [6.45, 7) is 1.62. The molecule has 0 aliphatic carbocycles. The van der Waals surface area contributed by atoms with Gasteiger partial charge in [0, 0.05) is 43.5 Å². The topological polar surface area (TPSA) is 50.8 Å². The number of benzene rings is 2. The van der Waals surface area contributed by atoms with Crippen LogP contribution in [0, 0.1) is 0 Å². The molecule has 0 radical (unpaired) electrons. The van der Waals surface area contributed by atoms with Gasteiger partial charge in [0.1, 0.15) is 11.5 Å². The van der Waals surface area contributed by atoms with Gasteiger partial charge < -0.3 is 19.7 Å². The van der Waals surface area contributed by atoms with Crippen molar-refractivity contribution >= 4 is 17.7 Å². The summed E-state index contributed by atoms with van der Waals surface area (Å²) in [5, 5.41) is 2.92. The highest BCUT2D eigenvalue weighted by Gasteiger charge is 2.03. The van der Waals surface area contributed by atoms with E-state index in [-0.39, 0.29) is 5.91 Å². The third-order valence-corrected chi connectivity index (χ3v) is 4.27. The number of hydrogen-bond acceptors (Lipinski definition) is 4. The average Bonchev–Trinajstić information content (AvgIpc) is 2.72. The van der Waals surface area contributed by atoms with Crippen LogP contribution in [0.2, 0.25) is 0 Å². The van der Waals surface area contributed by atoms with Crippen LogP contribution in [0.1, 0.15) is 18.4 Å². The lowest BCUT2D eigenvalue weighted by molar-refractivity contribution is -0.116. The van der Waals surface area contributed by atoms with E-state index in [1.807, 2.05) is 30.3 Å². The van der Waals surface area contributed by atoms with Crippen LogP contribution >= 0.6 is 0 Å². The predicted molar refractivity (Wildman–Crippen MR) is 111 cm³/mol. The zero-order chi connectivity index (χ0) is 19.5. The van der Waals surface area contributed by atoms with Crippen molar-refractivity contribution in [3.05, 3.63) is 60.2 Å². The average molecular weight is 368 g/mol. The number of carbonyl (C=O) groups is 1. The van der Waals surface area contributed by atoms with Gasteiger partial charge in [-0.25, -0.2) is 0 Å². The zero-order valence-corrected chi connectivity index (χ0v) is 16.3. The third kappa shape index (κ3) is 6.70. The summed E-state index contributed by atoms with van der Waals surface area (Å²) < 4.78 is 10.5. The van der Waals surface area contributed by atoms with Gasteiger partial charge in [-0.1, -0.05) is 18.2 Å². The van der Waals surface area contributed by atoms with Crippen molar-refractivity contribution in [2.75, 3.05) is 39.3 Å². The molecule has 27 heavy (non-hydrogen) atoms. The van der Waals surface area contributed by atoms with Gasteiger partial charge in [0.15, 0.2) is 0 Å². The molecule has 0 spiro atoms. The SMILES string of the molecule is COc1ccc(C=CC(=O)NCCCCN(C)c2ccccc2)c(OC)c1. The molecule has 2 rings (SSSR count). The van der Waals surface area contributed by atoms with Crippen molar-refractivity contribution in [2.24, 2.45) is 0 Å². The zero-order valence-electron chi connectivity index (χ0n) is 16.3. The molecule has 0 fully saturated rings. The fraction of sp³-hybridized carbons (Fsp3) is 0.318. The van der Waals surface area contributed by atoms with Crippen LogP contribution in [-0.4, -0.2) is 40.3 Å². The molecule has 0 aromatic heterocycles. The molecule has 1 amide bonds. The van der Waals surface area contributed by atoms with Crippen LogP contribution in [0.3, 0.4) is 0 Å². The second-order valence-corrected chi connectivity index (χ2v) is 6.20. The lowest BCUT2D eigenvalue weighted by Crippen LogP contribution is -2.24. The van der Waals surface area contributed by atoms with Crippen LogP contribution in [0.15, 0.2) is 54.6 Å². The number of nitrogens with one attached hydrogen (secondary N) is 1. The van der Waals surface area contributed by atoms with Crippen molar-refractivity contribution < 1.29 is 14.3 Å². The molecular weight excluding hydrogens is 340 g/mol. The molecule has 0 saturated heterocycles.